The molecule has 0 unspecified atom stereocenters. The molecule has 0 spiro atoms. The minimum Gasteiger partial charge on any atom is -0.431 e. The average Bonchev–Trinajstić information content (AvgIpc) is 3.14. The number of hydrogen-bond acceptors (Lipinski definition) is 6. The molecule has 25 heavy (non-hydrogen) atoms. The average molecular weight is 404 g/mol. The molecular weight excluding hydrogens is 388 g/mol. The molecule has 0 aliphatic heterocycles. The van der Waals surface area contributed by atoms with E-state index in [1.54, 1.807) is 17.4 Å². The predicted molar refractivity (Wildman–Crippen MR) is 100 cm³/mol. The van der Waals surface area contributed by atoms with Crippen molar-refractivity contribution >= 4 is 50.2 Å². The number of aromatic nitrogens is 1. The summed E-state index contributed by atoms with van der Waals surface area (Å²) in [6.45, 7) is -0.515. The highest BCUT2D eigenvalue weighted by atomic mass is 35.5. The summed E-state index contributed by atoms with van der Waals surface area (Å²) in [6, 6.07) is 5.48. The molecule has 4 nitrogen and oxygen atoms in total. The van der Waals surface area contributed by atoms with E-state index >= 15 is 0 Å². The Labute approximate surface area is 156 Å². The van der Waals surface area contributed by atoms with E-state index in [0.717, 1.165) is 15.3 Å². The van der Waals surface area contributed by atoms with Crippen LogP contribution in [0.5, 0.6) is 5.75 Å². The second kappa shape index (κ2) is 7.82. The number of nitrogens with one attached hydrogen (secondary N) is 1. The molecule has 3 rings (SSSR count). The van der Waals surface area contributed by atoms with Crippen molar-refractivity contribution < 1.29 is 13.5 Å². The Morgan fingerprint density at radius 1 is 1.44 bits per heavy atom. The minimum absolute atomic E-state index is 0.0639. The number of hydrogen-bond donors (Lipinski definition) is 2. The van der Waals surface area contributed by atoms with Crippen LogP contribution in [0, 0.1) is 0 Å². The maximum atomic E-state index is 12.9. The zero-order valence-electron chi connectivity index (χ0n) is 13.3. The maximum Gasteiger partial charge on any atom is 0.387 e. The number of nitrogens with zero attached hydrogens (tertiary/aromatic N) is 1. The Balaban J connectivity index is 2.03. The number of rotatable bonds is 7. The molecule has 0 aromatic carbocycles. The number of thiophene rings is 2. The second-order valence-corrected chi connectivity index (χ2v) is 8.04. The van der Waals surface area contributed by atoms with Crippen molar-refractivity contribution in [3.8, 4) is 5.75 Å². The van der Waals surface area contributed by atoms with Gasteiger partial charge in [0.05, 0.1) is 15.3 Å². The van der Waals surface area contributed by atoms with Crippen LogP contribution in [0.15, 0.2) is 23.6 Å². The van der Waals surface area contributed by atoms with E-state index in [-0.39, 0.29) is 16.9 Å². The number of anilines is 1. The molecule has 0 aliphatic carbocycles. The number of alkyl halides is 2. The lowest BCUT2D eigenvalue weighted by molar-refractivity contribution is -0.0492. The van der Waals surface area contributed by atoms with E-state index in [1.165, 1.54) is 11.3 Å². The molecule has 3 aromatic heterocycles. The normalized spacial score (nSPS) is 12.7. The van der Waals surface area contributed by atoms with Crippen molar-refractivity contribution in [2.75, 3.05) is 5.32 Å². The molecule has 3 aromatic rings. The first-order valence-corrected chi connectivity index (χ1v) is 9.60. The van der Waals surface area contributed by atoms with Gasteiger partial charge in [-0.25, -0.2) is 4.98 Å². The van der Waals surface area contributed by atoms with Gasteiger partial charge in [0, 0.05) is 30.0 Å². The Kier molecular flexibility index (Phi) is 5.73. The van der Waals surface area contributed by atoms with Crippen molar-refractivity contribution in [3.05, 3.63) is 38.5 Å². The molecule has 9 heteroatoms. The number of fused-ring (bicyclic) bond motifs is 1. The van der Waals surface area contributed by atoms with Gasteiger partial charge in [0.2, 0.25) is 0 Å². The van der Waals surface area contributed by atoms with Gasteiger partial charge in [0.1, 0.15) is 10.7 Å². The van der Waals surface area contributed by atoms with E-state index in [2.05, 4.69) is 10.3 Å². The molecule has 0 saturated carbocycles. The molecule has 1 atom stereocenters. The van der Waals surface area contributed by atoms with Crippen LogP contribution < -0.4 is 15.8 Å². The fourth-order valence-electron chi connectivity index (χ4n) is 2.43. The van der Waals surface area contributed by atoms with Crippen molar-refractivity contribution in [1.29, 1.82) is 0 Å². The lowest BCUT2D eigenvalue weighted by Crippen LogP contribution is -2.17. The standard InChI is InChI=1S/C16H16ClF2N3OS2/c1-8(20)5-11-14(23-16(18)19)13-15(25-11)10(6-12(17)22-13)21-7-9-3-2-4-24-9/h2-4,6,8,16H,5,7,20H2,1H3,(H,21,22)/t8-/m0/s1. The summed E-state index contributed by atoms with van der Waals surface area (Å²) in [7, 11) is 0. The molecule has 0 bridgehead atoms. The molecule has 0 saturated heterocycles. The molecule has 0 amide bonds. The van der Waals surface area contributed by atoms with Gasteiger partial charge in [0.25, 0.3) is 0 Å². The smallest absolute Gasteiger partial charge is 0.387 e. The van der Waals surface area contributed by atoms with Crippen molar-refractivity contribution in [3.63, 3.8) is 0 Å². The van der Waals surface area contributed by atoms with Gasteiger partial charge in [0.15, 0.2) is 5.75 Å². The van der Waals surface area contributed by atoms with Crippen LogP contribution in [0.25, 0.3) is 10.2 Å². The Morgan fingerprint density at radius 3 is 2.88 bits per heavy atom. The third kappa shape index (κ3) is 4.38. The lowest BCUT2D eigenvalue weighted by Gasteiger charge is -2.09. The first-order valence-electron chi connectivity index (χ1n) is 7.52. The van der Waals surface area contributed by atoms with E-state index in [4.69, 9.17) is 22.1 Å². The number of pyridine rings is 1. The summed E-state index contributed by atoms with van der Waals surface area (Å²) >= 11 is 9.07. The Bertz CT molecular complexity index is 853. The second-order valence-electron chi connectivity index (χ2n) is 5.52. The third-order valence-electron chi connectivity index (χ3n) is 3.38. The fourth-order valence-corrected chi connectivity index (χ4v) is 4.57. The number of halogens is 3. The van der Waals surface area contributed by atoms with Gasteiger partial charge in [-0.2, -0.15) is 8.78 Å². The van der Waals surface area contributed by atoms with Crippen molar-refractivity contribution in [2.24, 2.45) is 5.73 Å². The first-order chi connectivity index (χ1) is 11.9. The Morgan fingerprint density at radius 2 is 2.24 bits per heavy atom. The van der Waals surface area contributed by atoms with Gasteiger partial charge in [-0.3, -0.25) is 0 Å². The highest BCUT2D eigenvalue weighted by Crippen LogP contribution is 2.42. The summed E-state index contributed by atoms with van der Waals surface area (Å²) in [5.74, 6) is 0.0639. The molecule has 0 fully saturated rings. The van der Waals surface area contributed by atoms with Crippen LogP contribution in [0.1, 0.15) is 16.7 Å². The fraction of sp³-hybridized carbons (Fsp3) is 0.312. The molecule has 3 heterocycles. The summed E-state index contributed by atoms with van der Waals surface area (Å²) < 4.78 is 31.2. The van der Waals surface area contributed by atoms with E-state index in [1.807, 2.05) is 24.4 Å². The molecule has 134 valence electrons. The van der Waals surface area contributed by atoms with Crippen LogP contribution >= 0.6 is 34.3 Å². The largest absolute Gasteiger partial charge is 0.431 e. The summed E-state index contributed by atoms with van der Waals surface area (Å²) in [5.41, 5.74) is 6.91. The zero-order chi connectivity index (χ0) is 18.0. The summed E-state index contributed by atoms with van der Waals surface area (Å²) in [4.78, 5) is 5.99. The zero-order valence-corrected chi connectivity index (χ0v) is 15.7. The van der Waals surface area contributed by atoms with Crippen LogP contribution in [-0.2, 0) is 13.0 Å². The Hall–Kier alpha value is -1.48. The van der Waals surface area contributed by atoms with Gasteiger partial charge >= 0.3 is 6.61 Å². The molecule has 3 N–H and O–H groups in total. The summed E-state index contributed by atoms with van der Waals surface area (Å²) in [6.07, 6.45) is 0.422. The van der Waals surface area contributed by atoms with Crippen LogP contribution in [0.3, 0.4) is 0 Å². The minimum atomic E-state index is -2.94. The topological polar surface area (TPSA) is 60.2 Å². The monoisotopic (exact) mass is 403 g/mol. The summed E-state index contributed by atoms with van der Waals surface area (Å²) in [5, 5.41) is 5.51. The van der Waals surface area contributed by atoms with Crippen LogP contribution in [0.4, 0.5) is 14.5 Å². The van der Waals surface area contributed by atoms with Crippen molar-refractivity contribution in [2.45, 2.75) is 32.5 Å². The molecule has 0 radical (unpaired) electrons. The van der Waals surface area contributed by atoms with Gasteiger partial charge in [-0.15, -0.1) is 22.7 Å². The number of ether oxygens (including phenoxy) is 1. The van der Waals surface area contributed by atoms with Gasteiger partial charge in [-0.1, -0.05) is 17.7 Å². The van der Waals surface area contributed by atoms with Crippen LogP contribution in [-0.4, -0.2) is 17.6 Å². The quantitative estimate of drug-likeness (QED) is 0.538. The number of nitrogens with two attached hydrogens (primary N) is 1. The van der Waals surface area contributed by atoms with Crippen molar-refractivity contribution in [1.82, 2.24) is 4.98 Å². The van der Waals surface area contributed by atoms with Gasteiger partial charge < -0.3 is 15.8 Å². The van der Waals surface area contributed by atoms with E-state index in [9.17, 15) is 8.78 Å². The van der Waals surface area contributed by atoms with E-state index < -0.39 is 6.61 Å². The van der Waals surface area contributed by atoms with E-state index in [0.29, 0.717) is 23.4 Å². The SMILES string of the molecule is C[C@H](N)Cc1sc2c(NCc3cccs3)cc(Cl)nc2c1OC(F)F. The highest BCUT2D eigenvalue weighted by Gasteiger charge is 2.22. The predicted octanol–water partition coefficient (Wildman–Crippen LogP) is 5.11. The molecule has 0 aliphatic rings. The first kappa shape index (κ1) is 18.3. The highest BCUT2D eigenvalue weighted by molar-refractivity contribution is 7.20. The van der Waals surface area contributed by atoms with Crippen LogP contribution in [0.2, 0.25) is 5.15 Å². The maximum absolute atomic E-state index is 12.9. The third-order valence-corrected chi connectivity index (χ3v) is 5.67. The molecular formula is C16H16ClF2N3OS2. The van der Waals surface area contributed by atoms with Gasteiger partial charge in [-0.05, 0) is 18.4 Å². The lowest BCUT2D eigenvalue weighted by atomic mass is 10.2.